The summed E-state index contributed by atoms with van der Waals surface area (Å²) in [6.07, 6.45) is 2.26. The maximum atomic E-state index is 6.14. The molecule has 0 saturated carbocycles. The molecule has 24 heavy (non-hydrogen) atoms. The van der Waals surface area contributed by atoms with E-state index in [0.717, 1.165) is 25.4 Å². The van der Waals surface area contributed by atoms with Crippen LogP contribution in [-0.4, -0.2) is 24.5 Å². The van der Waals surface area contributed by atoms with Gasteiger partial charge in [0, 0.05) is 11.6 Å². The number of halogens is 2. The summed E-state index contributed by atoms with van der Waals surface area (Å²) in [6, 6.07) is 13.2. The molecule has 128 valence electrons. The Balaban J connectivity index is 2.05. The van der Waals surface area contributed by atoms with Crippen molar-refractivity contribution in [1.29, 1.82) is 0 Å². The van der Waals surface area contributed by atoms with Crippen LogP contribution in [0.15, 0.2) is 48.5 Å². The number of nitrogens with zero attached hydrogens (tertiary/aromatic N) is 1. The first-order chi connectivity index (χ1) is 11.5. The van der Waals surface area contributed by atoms with Crippen LogP contribution < -0.4 is 4.74 Å². The lowest BCUT2D eigenvalue weighted by molar-refractivity contribution is 0.337. The van der Waals surface area contributed by atoms with Gasteiger partial charge in [-0.15, -0.1) is 0 Å². The Bertz CT molecular complexity index is 691. The number of allylic oxidation sites excluding steroid dienone is 1. The fourth-order valence-electron chi connectivity index (χ4n) is 2.34. The first kappa shape index (κ1) is 18.9. The minimum atomic E-state index is 0.502. The van der Waals surface area contributed by atoms with Gasteiger partial charge in [0.05, 0.1) is 5.02 Å². The van der Waals surface area contributed by atoms with Gasteiger partial charge in [-0.3, -0.25) is 0 Å². The Labute approximate surface area is 154 Å². The maximum Gasteiger partial charge on any atom is 0.146 e. The van der Waals surface area contributed by atoms with Gasteiger partial charge < -0.3 is 9.64 Å². The Morgan fingerprint density at radius 2 is 1.71 bits per heavy atom. The second-order valence-corrected chi connectivity index (χ2v) is 6.42. The second-order valence-electron chi connectivity index (χ2n) is 5.57. The van der Waals surface area contributed by atoms with E-state index in [4.69, 9.17) is 27.9 Å². The average Bonchev–Trinajstić information content (AvgIpc) is 2.59. The summed E-state index contributed by atoms with van der Waals surface area (Å²) in [6.45, 7) is 9.60. The molecular weight excluding hydrogens is 341 g/mol. The first-order valence-electron chi connectivity index (χ1n) is 8.16. The predicted octanol–water partition coefficient (Wildman–Crippen LogP) is 6.53. The van der Waals surface area contributed by atoms with Crippen molar-refractivity contribution in [2.24, 2.45) is 0 Å². The van der Waals surface area contributed by atoms with Crippen LogP contribution in [0, 0.1) is 0 Å². The van der Waals surface area contributed by atoms with Crippen molar-refractivity contribution in [3.05, 3.63) is 64.1 Å². The van der Waals surface area contributed by atoms with Crippen molar-refractivity contribution in [1.82, 2.24) is 4.90 Å². The highest BCUT2D eigenvalue weighted by molar-refractivity contribution is 6.35. The van der Waals surface area contributed by atoms with Crippen LogP contribution in [0.3, 0.4) is 0 Å². The summed E-state index contributed by atoms with van der Waals surface area (Å²) < 4.78 is 5.81. The topological polar surface area (TPSA) is 12.5 Å². The monoisotopic (exact) mass is 363 g/mol. The van der Waals surface area contributed by atoms with Gasteiger partial charge in [0.1, 0.15) is 11.5 Å². The van der Waals surface area contributed by atoms with E-state index in [9.17, 15) is 0 Å². The second kappa shape index (κ2) is 9.12. The molecule has 0 aromatic heterocycles. The minimum Gasteiger partial charge on any atom is -0.456 e. The zero-order chi connectivity index (χ0) is 17.5. The van der Waals surface area contributed by atoms with Crippen LogP contribution in [0.1, 0.15) is 26.3 Å². The molecule has 0 unspecified atom stereocenters. The summed E-state index contributed by atoms with van der Waals surface area (Å²) in [5, 5.41) is 1.10. The molecule has 0 aliphatic carbocycles. The molecule has 0 radical (unpaired) electrons. The summed E-state index contributed by atoms with van der Waals surface area (Å²) in [5.74, 6) is 1.35. The molecule has 2 nitrogen and oxygen atoms in total. The molecule has 0 saturated heterocycles. The molecule has 0 atom stereocenters. The molecular formula is C20H23Cl2NO. The highest BCUT2D eigenvalue weighted by Crippen LogP contribution is 2.32. The maximum absolute atomic E-state index is 6.14. The molecule has 0 aliphatic rings. The van der Waals surface area contributed by atoms with Gasteiger partial charge in [-0.05, 0) is 61.5 Å². The van der Waals surface area contributed by atoms with Crippen LogP contribution in [0.4, 0.5) is 0 Å². The van der Waals surface area contributed by atoms with Gasteiger partial charge >= 0.3 is 0 Å². The fraction of sp³-hybridized carbons (Fsp3) is 0.300. The highest BCUT2D eigenvalue weighted by Gasteiger charge is 2.05. The van der Waals surface area contributed by atoms with E-state index in [0.29, 0.717) is 15.8 Å². The smallest absolute Gasteiger partial charge is 0.146 e. The SMILES string of the molecule is CCN(CC)CC=C(C)c1ccc(Oc2ccc(Cl)cc2Cl)cc1. The molecule has 0 aliphatic heterocycles. The van der Waals surface area contributed by atoms with E-state index < -0.39 is 0 Å². The Morgan fingerprint density at radius 3 is 2.29 bits per heavy atom. The standard InChI is InChI=1S/C20H23Cl2NO/c1-4-23(5-2)13-12-15(3)16-6-9-18(10-7-16)24-20-11-8-17(21)14-19(20)22/h6-12,14H,4-5,13H2,1-3H3. The molecule has 0 fully saturated rings. The van der Waals surface area contributed by atoms with Gasteiger partial charge in [0.2, 0.25) is 0 Å². The lowest BCUT2D eigenvalue weighted by Gasteiger charge is -2.16. The van der Waals surface area contributed by atoms with E-state index in [1.807, 2.05) is 12.1 Å². The van der Waals surface area contributed by atoms with Crippen LogP contribution >= 0.6 is 23.2 Å². The third-order valence-electron chi connectivity index (χ3n) is 3.98. The predicted molar refractivity (Wildman–Crippen MR) is 104 cm³/mol. The molecule has 0 amide bonds. The molecule has 0 heterocycles. The van der Waals surface area contributed by atoms with E-state index in [2.05, 4.69) is 43.9 Å². The van der Waals surface area contributed by atoms with Crippen LogP contribution in [-0.2, 0) is 0 Å². The van der Waals surface area contributed by atoms with E-state index in [-0.39, 0.29) is 0 Å². The van der Waals surface area contributed by atoms with Crippen LogP contribution in [0.2, 0.25) is 10.0 Å². The van der Waals surface area contributed by atoms with E-state index >= 15 is 0 Å². The summed E-state index contributed by atoms with van der Waals surface area (Å²) in [4.78, 5) is 2.38. The molecule has 2 aromatic carbocycles. The van der Waals surface area contributed by atoms with Gasteiger partial charge in [-0.1, -0.05) is 55.3 Å². The van der Waals surface area contributed by atoms with Crippen molar-refractivity contribution in [3.8, 4) is 11.5 Å². The van der Waals surface area contributed by atoms with Crippen LogP contribution in [0.5, 0.6) is 11.5 Å². The van der Waals surface area contributed by atoms with Gasteiger partial charge in [0.15, 0.2) is 0 Å². The van der Waals surface area contributed by atoms with Crippen molar-refractivity contribution in [3.63, 3.8) is 0 Å². The zero-order valence-electron chi connectivity index (χ0n) is 14.4. The van der Waals surface area contributed by atoms with E-state index in [1.165, 1.54) is 11.1 Å². The average molecular weight is 364 g/mol. The Kier molecular flexibility index (Phi) is 7.16. The third kappa shape index (κ3) is 5.27. The molecule has 0 bridgehead atoms. The Hall–Kier alpha value is -1.48. The molecule has 4 heteroatoms. The Morgan fingerprint density at radius 1 is 1.04 bits per heavy atom. The van der Waals surface area contributed by atoms with Crippen LogP contribution in [0.25, 0.3) is 5.57 Å². The number of hydrogen-bond acceptors (Lipinski definition) is 2. The number of rotatable bonds is 7. The molecule has 2 aromatic rings. The van der Waals surface area contributed by atoms with Gasteiger partial charge in [-0.2, -0.15) is 0 Å². The zero-order valence-corrected chi connectivity index (χ0v) is 15.9. The third-order valence-corrected chi connectivity index (χ3v) is 4.51. The summed E-state index contributed by atoms with van der Waals surface area (Å²) in [7, 11) is 0. The normalized spacial score (nSPS) is 11.8. The number of hydrogen-bond donors (Lipinski definition) is 0. The summed E-state index contributed by atoms with van der Waals surface area (Å²) >= 11 is 12.0. The molecule has 2 rings (SSSR count). The number of likely N-dealkylation sites (N-methyl/N-ethyl adjacent to an activating group) is 1. The van der Waals surface area contributed by atoms with Crippen molar-refractivity contribution < 1.29 is 4.74 Å². The van der Waals surface area contributed by atoms with E-state index in [1.54, 1.807) is 18.2 Å². The van der Waals surface area contributed by atoms with Gasteiger partial charge in [-0.25, -0.2) is 0 Å². The quantitative estimate of drug-likeness (QED) is 0.554. The highest BCUT2D eigenvalue weighted by atomic mass is 35.5. The number of ether oxygens (including phenoxy) is 1. The van der Waals surface area contributed by atoms with Gasteiger partial charge in [0.25, 0.3) is 0 Å². The van der Waals surface area contributed by atoms with Crippen molar-refractivity contribution in [2.45, 2.75) is 20.8 Å². The fourth-order valence-corrected chi connectivity index (χ4v) is 2.78. The molecule has 0 N–H and O–H groups in total. The minimum absolute atomic E-state index is 0.502. The van der Waals surface area contributed by atoms with Crippen molar-refractivity contribution in [2.75, 3.05) is 19.6 Å². The largest absolute Gasteiger partial charge is 0.456 e. The lowest BCUT2D eigenvalue weighted by Crippen LogP contribution is -2.22. The number of benzene rings is 2. The first-order valence-corrected chi connectivity index (χ1v) is 8.91. The summed E-state index contributed by atoms with van der Waals surface area (Å²) in [5.41, 5.74) is 2.45. The molecule has 0 spiro atoms. The van der Waals surface area contributed by atoms with Crippen molar-refractivity contribution >= 4 is 28.8 Å². The lowest BCUT2D eigenvalue weighted by atomic mass is 10.1.